The van der Waals surface area contributed by atoms with Crippen molar-refractivity contribution in [1.29, 1.82) is 0 Å². The third kappa shape index (κ3) is 0.798. The van der Waals surface area contributed by atoms with Crippen LogP contribution in [0, 0.1) is 23.2 Å². The third-order valence-corrected chi connectivity index (χ3v) is 3.84. The van der Waals surface area contributed by atoms with Crippen molar-refractivity contribution in [3.63, 3.8) is 0 Å². The Morgan fingerprint density at radius 2 is 1.58 bits per heavy atom. The molecule has 0 heterocycles. The highest BCUT2D eigenvalue weighted by Gasteiger charge is 2.76. The topological polar surface area (TPSA) is 0 Å². The molecule has 0 aromatic rings. The first-order valence-corrected chi connectivity index (χ1v) is 4.44. The van der Waals surface area contributed by atoms with Gasteiger partial charge >= 0.3 is 6.18 Å². The number of halogens is 3. The second-order valence-corrected chi connectivity index (χ2v) is 4.57. The quantitative estimate of drug-likeness (QED) is 0.534. The molecule has 0 nitrogen and oxygen atoms in total. The highest BCUT2D eigenvalue weighted by molar-refractivity contribution is 5.15. The second-order valence-electron chi connectivity index (χ2n) is 4.57. The Balaban J connectivity index is 2.12. The average Bonchev–Trinajstić information content (AvgIpc) is 2.39. The van der Waals surface area contributed by atoms with Crippen molar-refractivity contribution in [3.05, 3.63) is 0 Å². The Morgan fingerprint density at radius 1 is 1.17 bits per heavy atom. The lowest BCUT2D eigenvalue weighted by molar-refractivity contribution is -0.193. The van der Waals surface area contributed by atoms with Crippen LogP contribution in [0.3, 0.4) is 0 Å². The van der Waals surface area contributed by atoms with Crippen LogP contribution in [0.25, 0.3) is 0 Å². The molecule has 0 N–H and O–H groups in total. The van der Waals surface area contributed by atoms with E-state index < -0.39 is 11.6 Å². The zero-order valence-electron chi connectivity index (χ0n) is 7.28. The van der Waals surface area contributed by atoms with E-state index in [1.54, 1.807) is 0 Å². The number of fused-ring (bicyclic) bond motifs is 1. The van der Waals surface area contributed by atoms with Crippen LogP contribution in [-0.4, -0.2) is 6.18 Å². The van der Waals surface area contributed by atoms with Crippen molar-refractivity contribution < 1.29 is 13.2 Å². The molecular formula is C9H13F3. The van der Waals surface area contributed by atoms with Crippen LogP contribution < -0.4 is 0 Å². The summed E-state index contributed by atoms with van der Waals surface area (Å²) >= 11 is 0. The van der Waals surface area contributed by atoms with E-state index in [0.717, 1.165) is 12.8 Å². The predicted octanol–water partition coefficient (Wildman–Crippen LogP) is 3.23. The van der Waals surface area contributed by atoms with Gasteiger partial charge in [0, 0.05) is 0 Å². The van der Waals surface area contributed by atoms with Gasteiger partial charge in [0.25, 0.3) is 0 Å². The fourth-order valence-electron chi connectivity index (χ4n) is 2.90. The van der Waals surface area contributed by atoms with Crippen molar-refractivity contribution in [2.24, 2.45) is 23.2 Å². The minimum Gasteiger partial charge on any atom is -0.170 e. The van der Waals surface area contributed by atoms with Crippen LogP contribution in [-0.2, 0) is 0 Å². The van der Waals surface area contributed by atoms with Gasteiger partial charge in [-0.05, 0) is 30.6 Å². The Hall–Kier alpha value is -0.210. The zero-order chi connectivity index (χ0) is 9.15. The Morgan fingerprint density at radius 3 is 1.92 bits per heavy atom. The first kappa shape index (κ1) is 8.39. The molecule has 2 fully saturated rings. The predicted molar refractivity (Wildman–Crippen MR) is 39.5 cm³/mol. The lowest BCUT2D eigenvalue weighted by atomic mass is 9.92. The number of hydrogen-bond acceptors (Lipinski definition) is 0. The van der Waals surface area contributed by atoms with Gasteiger partial charge in [0.05, 0.1) is 5.41 Å². The maximum atomic E-state index is 12.5. The van der Waals surface area contributed by atoms with E-state index in [1.807, 2.05) is 6.92 Å². The summed E-state index contributed by atoms with van der Waals surface area (Å²) in [6.45, 7) is 3.43. The summed E-state index contributed by atoms with van der Waals surface area (Å²) < 4.78 is 37.4. The highest BCUT2D eigenvalue weighted by atomic mass is 19.4. The molecule has 0 aromatic heterocycles. The van der Waals surface area contributed by atoms with Crippen LogP contribution in [0.2, 0.25) is 0 Å². The summed E-state index contributed by atoms with van der Waals surface area (Å²) in [5, 5.41) is 0. The molecule has 3 heteroatoms. The van der Waals surface area contributed by atoms with Crippen molar-refractivity contribution in [2.45, 2.75) is 32.9 Å². The van der Waals surface area contributed by atoms with E-state index in [-0.39, 0.29) is 11.8 Å². The molecule has 0 aliphatic heterocycles. The molecule has 2 atom stereocenters. The number of rotatable bonds is 0. The summed E-state index contributed by atoms with van der Waals surface area (Å²) in [6, 6.07) is 0. The van der Waals surface area contributed by atoms with Crippen LogP contribution in [0.5, 0.6) is 0 Å². The average molecular weight is 178 g/mol. The van der Waals surface area contributed by atoms with Gasteiger partial charge in [0.1, 0.15) is 0 Å². The van der Waals surface area contributed by atoms with Gasteiger partial charge < -0.3 is 0 Å². The fourth-order valence-corrected chi connectivity index (χ4v) is 2.90. The van der Waals surface area contributed by atoms with E-state index in [4.69, 9.17) is 0 Å². The first-order valence-electron chi connectivity index (χ1n) is 4.44. The van der Waals surface area contributed by atoms with Gasteiger partial charge in [-0.25, -0.2) is 0 Å². The summed E-state index contributed by atoms with van der Waals surface area (Å²) in [4.78, 5) is 0. The van der Waals surface area contributed by atoms with Crippen molar-refractivity contribution >= 4 is 0 Å². The standard InChI is InChI=1S/C9H13F3/c1-5-3-6-7(4-5)8(6,2)9(10,11)12/h5-7H,3-4H2,1-2H3. The SMILES string of the molecule is CC1CC2C(C1)C2(C)C(F)(F)F. The maximum Gasteiger partial charge on any atom is 0.394 e. The Kier molecular flexibility index (Phi) is 1.39. The van der Waals surface area contributed by atoms with Crippen molar-refractivity contribution in [3.8, 4) is 0 Å². The molecule has 70 valence electrons. The fraction of sp³-hybridized carbons (Fsp3) is 1.00. The molecule has 2 unspecified atom stereocenters. The van der Waals surface area contributed by atoms with Crippen LogP contribution in [0.15, 0.2) is 0 Å². The molecule has 2 rings (SSSR count). The van der Waals surface area contributed by atoms with Crippen LogP contribution in [0.4, 0.5) is 13.2 Å². The van der Waals surface area contributed by atoms with E-state index in [1.165, 1.54) is 6.92 Å². The lowest BCUT2D eigenvalue weighted by Crippen LogP contribution is -2.27. The molecule has 0 spiro atoms. The van der Waals surface area contributed by atoms with Crippen LogP contribution in [0.1, 0.15) is 26.7 Å². The molecule has 0 aromatic carbocycles. The lowest BCUT2D eigenvalue weighted by Gasteiger charge is -2.20. The minimum atomic E-state index is -3.97. The maximum absolute atomic E-state index is 12.5. The highest BCUT2D eigenvalue weighted by Crippen LogP contribution is 2.74. The summed E-state index contributed by atoms with van der Waals surface area (Å²) in [6.07, 6.45) is -2.41. The van der Waals surface area contributed by atoms with Crippen LogP contribution >= 0.6 is 0 Å². The first-order chi connectivity index (χ1) is 5.37. The minimum absolute atomic E-state index is 0.0625. The molecule has 0 radical (unpaired) electrons. The summed E-state index contributed by atoms with van der Waals surface area (Å²) in [5.41, 5.74) is -1.32. The number of hydrogen-bond donors (Lipinski definition) is 0. The number of alkyl halides is 3. The molecule has 2 saturated carbocycles. The second kappa shape index (κ2) is 1.99. The largest absolute Gasteiger partial charge is 0.394 e. The summed E-state index contributed by atoms with van der Waals surface area (Å²) in [7, 11) is 0. The van der Waals surface area contributed by atoms with Crippen molar-refractivity contribution in [1.82, 2.24) is 0 Å². The molecule has 0 saturated heterocycles. The van der Waals surface area contributed by atoms with Gasteiger partial charge in [0.2, 0.25) is 0 Å². The monoisotopic (exact) mass is 178 g/mol. The van der Waals surface area contributed by atoms with E-state index in [9.17, 15) is 13.2 Å². The van der Waals surface area contributed by atoms with E-state index in [0.29, 0.717) is 5.92 Å². The van der Waals surface area contributed by atoms with Gasteiger partial charge in [0.15, 0.2) is 0 Å². The molecule has 0 bridgehead atoms. The van der Waals surface area contributed by atoms with Gasteiger partial charge in [-0.1, -0.05) is 13.8 Å². The normalized spacial score (nSPS) is 52.2. The Bertz CT molecular complexity index is 194. The van der Waals surface area contributed by atoms with Gasteiger partial charge in [-0.3, -0.25) is 0 Å². The van der Waals surface area contributed by atoms with E-state index >= 15 is 0 Å². The summed E-state index contributed by atoms with van der Waals surface area (Å²) in [5.74, 6) is 0.385. The van der Waals surface area contributed by atoms with Gasteiger partial charge in [-0.2, -0.15) is 13.2 Å². The molecule has 2 aliphatic rings. The molecule has 12 heavy (non-hydrogen) atoms. The zero-order valence-corrected chi connectivity index (χ0v) is 7.28. The Labute approximate surface area is 70.1 Å². The molecule has 2 aliphatic carbocycles. The van der Waals surface area contributed by atoms with E-state index in [2.05, 4.69) is 0 Å². The van der Waals surface area contributed by atoms with Gasteiger partial charge in [-0.15, -0.1) is 0 Å². The molecular weight excluding hydrogens is 165 g/mol. The molecule has 0 amide bonds. The van der Waals surface area contributed by atoms with Crippen molar-refractivity contribution in [2.75, 3.05) is 0 Å². The third-order valence-electron chi connectivity index (χ3n) is 3.84. The smallest absolute Gasteiger partial charge is 0.170 e.